The molecule has 14 heteroatoms. The predicted octanol–water partition coefficient (Wildman–Crippen LogP) is 23.5. The van der Waals surface area contributed by atoms with Crippen LogP contribution in [0.4, 0.5) is 0 Å². The predicted molar refractivity (Wildman–Crippen MR) is 445 cm³/mol. The molecule has 0 unspecified atom stereocenters. The molecule has 19 rings (SSSR count). The van der Waals surface area contributed by atoms with Crippen molar-refractivity contribution in [3.8, 4) is 113 Å². The fourth-order valence-corrected chi connectivity index (χ4v) is 15.9. The van der Waals surface area contributed by atoms with Crippen LogP contribution in [0.15, 0.2) is 243 Å². The number of H-pyrrole nitrogens is 2. The van der Waals surface area contributed by atoms with E-state index in [2.05, 4.69) is 34.2 Å². The van der Waals surface area contributed by atoms with Crippen LogP contribution in [0.25, 0.3) is 156 Å². The van der Waals surface area contributed by atoms with Crippen LogP contribution in [0.3, 0.4) is 0 Å². The summed E-state index contributed by atoms with van der Waals surface area (Å²) in [5, 5.41) is 32.9. The summed E-state index contributed by atoms with van der Waals surface area (Å²) in [6.07, 6.45) is 8.10. The Morgan fingerprint density at radius 1 is 0.321 bits per heavy atom. The van der Waals surface area contributed by atoms with Gasteiger partial charge in [0.25, 0.3) is 0 Å². The Balaban J connectivity index is 0.915. The number of benzene rings is 12. The van der Waals surface area contributed by atoms with Gasteiger partial charge in [0.2, 0.25) is 0 Å². The Labute approximate surface area is 645 Å². The summed E-state index contributed by atoms with van der Waals surface area (Å²) >= 11 is 0. The van der Waals surface area contributed by atoms with Crippen molar-refractivity contribution in [2.24, 2.45) is 10.8 Å². The van der Waals surface area contributed by atoms with Gasteiger partial charge in [-0.05, 0) is 182 Å². The molecule has 0 radical (unpaired) electrons. The Bertz CT molecular complexity index is 6370. The zero-order valence-electron chi connectivity index (χ0n) is 62.3. The van der Waals surface area contributed by atoms with Crippen molar-refractivity contribution >= 4 is 101 Å². The topological polar surface area (TPSA) is 187 Å². The number of rotatable bonds is 2. The average Bonchev–Trinajstić information content (AvgIpc) is 1.67. The first-order chi connectivity index (χ1) is 54.4. The minimum atomic E-state index is -0.945. The third-order valence-electron chi connectivity index (χ3n) is 21.4. The van der Waals surface area contributed by atoms with Gasteiger partial charge in [-0.3, -0.25) is 9.59 Å². The maximum atomic E-state index is 14.7. The summed E-state index contributed by atoms with van der Waals surface area (Å²) < 4.78 is 42.5. The van der Waals surface area contributed by atoms with Crippen molar-refractivity contribution in [3.63, 3.8) is 0 Å². The fourth-order valence-electron chi connectivity index (χ4n) is 15.9. The Kier molecular flexibility index (Phi) is 16.5. The number of nitrogens with one attached hydrogen (secondary N) is 2. The lowest BCUT2D eigenvalue weighted by Crippen LogP contribution is -2.26. The van der Waals surface area contributed by atoms with E-state index in [9.17, 15) is 19.8 Å². The van der Waals surface area contributed by atoms with Gasteiger partial charge < -0.3 is 48.6 Å². The summed E-state index contributed by atoms with van der Waals surface area (Å²) in [7, 11) is 0. The minimum absolute atomic E-state index is 0.0445. The molecule has 0 spiro atoms. The largest absolute Gasteiger partial charge is 0.507 e. The van der Waals surface area contributed by atoms with E-state index in [0.29, 0.717) is 157 Å². The Morgan fingerprint density at radius 3 is 0.866 bits per heavy atom. The van der Waals surface area contributed by atoms with Crippen molar-refractivity contribution in [3.05, 3.63) is 288 Å². The highest BCUT2D eigenvalue weighted by molar-refractivity contribution is 6.14. The number of carbonyl (C=O) groups is 2. The third kappa shape index (κ3) is 11.9. The van der Waals surface area contributed by atoms with Crippen LogP contribution in [0.1, 0.15) is 86.6 Å². The summed E-state index contributed by atoms with van der Waals surface area (Å²) in [5.41, 5.74) is 12.9. The monoisotopic (exact) mass is 1470 g/mol. The number of hydrogen-bond donors (Lipinski definition) is 4. The van der Waals surface area contributed by atoms with E-state index in [0.717, 1.165) is 43.1 Å². The lowest BCUT2D eigenvalue weighted by atomic mass is 9.88. The number of aromatic hydroxyl groups is 2. The van der Waals surface area contributed by atoms with Gasteiger partial charge in [0.1, 0.15) is 72.4 Å². The van der Waals surface area contributed by atoms with Gasteiger partial charge in [-0.25, -0.2) is 9.97 Å². The van der Waals surface area contributed by atoms with Crippen LogP contribution < -0.4 is 28.4 Å². The molecule has 0 fully saturated rings. The second-order valence-electron chi connectivity index (χ2n) is 30.8. The maximum absolute atomic E-state index is 14.7. The van der Waals surface area contributed by atoms with E-state index in [-0.39, 0.29) is 49.4 Å². The SMILES string of the molecule is CC(C)(C)C(=O)Oc1c2cc3ccccc3c1-c1c(O)c(cc3ccccc13)COc1ccccc1-c1c3nc(c4c5ccc([nH]5)c(c5nc(c(c6ccc1[nH]6)-c1ccccc1OC2)C=C5)-c1ccccc1OCc1cc2ccccc2c(c1OC(=O)C(C)(C)C)-c1c(O)c(cc2ccccc12)COc1ccccc1-4)C=C3. The lowest BCUT2D eigenvalue weighted by Gasteiger charge is -2.24. The van der Waals surface area contributed by atoms with Gasteiger partial charge >= 0.3 is 11.9 Å². The van der Waals surface area contributed by atoms with Gasteiger partial charge in [-0.15, -0.1) is 0 Å². The number of para-hydroxylation sites is 4. The second-order valence-corrected chi connectivity index (χ2v) is 30.8. The molecule has 0 saturated carbocycles. The summed E-state index contributed by atoms with van der Waals surface area (Å²) in [4.78, 5) is 48.8. The number of esters is 2. The van der Waals surface area contributed by atoms with Crippen LogP contribution in [0.2, 0.25) is 0 Å². The molecule has 112 heavy (non-hydrogen) atoms. The number of nitrogens with zero attached hydrogens (tertiary/aromatic N) is 2. The van der Waals surface area contributed by atoms with Crippen molar-refractivity contribution in [2.45, 2.75) is 68.0 Å². The van der Waals surface area contributed by atoms with E-state index in [1.165, 1.54) is 0 Å². The van der Waals surface area contributed by atoms with Crippen LogP contribution in [-0.4, -0.2) is 42.1 Å². The molecule has 14 nitrogen and oxygen atoms in total. The molecule has 4 aliphatic rings. The average molecular weight is 1470 g/mol. The van der Waals surface area contributed by atoms with Gasteiger partial charge in [-0.2, -0.15) is 0 Å². The summed E-state index contributed by atoms with van der Waals surface area (Å²) in [5.74, 6) is 1.44. The molecule has 7 heterocycles. The molecule has 0 amide bonds. The maximum Gasteiger partial charge on any atom is 0.316 e. The number of phenols is 2. The second kappa shape index (κ2) is 27.0. The summed E-state index contributed by atoms with van der Waals surface area (Å²) in [6, 6.07) is 79.3. The smallest absolute Gasteiger partial charge is 0.316 e. The van der Waals surface area contributed by atoms with Gasteiger partial charge in [-0.1, -0.05) is 170 Å². The zero-order chi connectivity index (χ0) is 76.3. The third-order valence-corrected chi connectivity index (χ3v) is 21.4. The van der Waals surface area contributed by atoms with Crippen LogP contribution in [-0.2, 0) is 36.0 Å². The first-order valence-electron chi connectivity index (χ1n) is 37.5. The molecule has 15 aromatic rings. The van der Waals surface area contributed by atoms with Crippen molar-refractivity contribution < 1.29 is 48.2 Å². The molecule has 3 aromatic heterocycles. The molecular formula is C98H74N4O10. The molecule has 0 atom stereocenters. The van der Waals surface area contributed by atoms with Gasteiger partial charge in [0.05, 0.1) is 33.6 Å². The number of carbonyl (C=O) groups excluding carboxylic acids is 2. The Hall–Kier alpha value is -14.0. The molecule has 4 aliphatic heterocycles. The highest BCUT2D eigenvalue weighted by Gasteiger charge is 2.34. The quantitative estimate of drug-likeness (QED) is 0.0949. The van der Waals surface area contributed by atoms with E-state index >= 15 is 0 Å². The molecule has 0 aliphatic carbocycles. The van der Waals surface area contributed by atoms with Crippen LogP contribution in [0, 0.1) is 10.8 Å². The standard InChI is InChI=1S/C98H74N4O10/c1-97(2,3)95(105)111-93-61-49-57-25-9-13-29-65(57)89(93)87-63-27-11-7-23-55(63)47-59(91(87)103)51-107-79-35-19-15-31-67(79)83-71-39-40-72(99-71)84-68-32-16-20-36-80(68)108-52-60-48-56-24-8-12-28-64(56)88(92(60)104)90-66-30-14-10-26-58(66)50-62(94(90)112-96(106)98(4,5)6)54-110-82-38-22-18-34-70(82)86(76-44-42-74(84)101-76)78-46-45-77(102-78)85(75-43-41-73(83)100-75)69-33-17-21-37-81(69)109-53-61/h7-50,100-101,103-104H,51-54H2,1-6H3. The van der Waals surface area contributed by atoms with Gasteiger partial charge in [0, 0.05) is 111 Å². The molecule has 546 valence electrons. The zero-order valence-corrected chi connectivity index (χ0v) is 62.3. The number of aromatic amines is 2. The van der Waals surface area contributed by atoms with E-state index in [1.54, 1.807) is 0 Å². The number of ether oxygens (including phenoxy) is 6. The van der Waals surface area contributed by atoms with Crippen molar-refractivity contribution in [2.75, 3.05) is 0 Å². The Morgan fingerprint density at radius 2 is 0.571 bits per heavy atom. The van der Waals surface area contributed by atoms with E-state index in [1.807, 2.05) is 284 Å². The van der Waals surface area contributed by atoms with Gasteiger partial charge in [0.15, 0.2) is 0 Å². The first kappa shape index (κ1) is 68.5. The number of phenolic OH excluding ortho intramolecular Hbond substituents is 2. The lowest BCUT2D eigenvalue weighted by molar-refractivity contribution is -0.143. The normalized spacial score (nSPS) is 13.1. The van der Waals surface area contributed by atoms with E-state index < -0.39 is 22.8 Å². The molecular weight excluding hydrogens is 1390 g/mol. The molecule has 12 aromatic carbocycles. The van der Waals surface area contributed by atoms with Crippen molar-refractivity contribution in [1.29, 1.82) is 0 Å². The number of hydrogen-bond acceptors (Lipinski definition) is 12. The number of fused-ring (bicyclic) bond motifs is 34. The van der Waals surface area contributed by atoms with Crippen LogP contribution in [0.5, 0.6) is 46.0 Å². The minimum Gasteiger partial charge on any atom is -0.507 e. The summed E-state index contributed by atoms with van der Waals surface area (Å²) in [6.45, 7) is 10.6. The molecule has 4 N–H and O–H groups in total. The highest BCUT2D eigenvalue weighted by atomic mass is 16.5. The van der Waals surface area contributed by atoms with Crippen molar-refractivity contribution in [1.82, 2.24) is 19.9 Å². The molecule has 20 bridgehead atoms. The van der Waals surface area contributed by atoms with Crippen LogP contribution >= 0.6 is 0 Å². The molecule has 0 saturated heterocycles. The first-order valence-corrected chi connectivity index (χ1v) is 37.5. The van der Waals surface area contributed by atoms with E-state index in [4.69, 9.17) is 38.4 Å². The highest BCUT2D eigenvalue weighted by Crippen LogP contribution is 2.54. The number of aromatic nitrogens is 4. The fraction of sp³-hybridized carbons (Fsp3) is 0.122.